The molecule has 1 aliphatic heterocycles. The van der Waals surface area contributed by atoms with Crippen LogP contribution in [0.1, 0.15) is 39.5 Å². The van der Waals surface area contributed by atoms with Gasteiger partial charge in [-0.3, -0.25) is 9.69 Å². The van der Waals surface area contributed by atoms with E-state index in [0.29, 0.717) is 18.3 Å². The molecule has 2 aliphatic rings. The molecule has 4 atom stereocenters. The first-order chi connectivity index (χ1) is 9.30. The van der Waals surface area contributed by atoms with E-state index in [-0.39, 0.29) is 30.1 Å². The minimum Gasteiger partial charge on any atom is -0.480 e. The van der Waals surface area contributed by atoms with Crippen LogP contribution in [0.4, 0.5) is 0 Å². The summed E-state index contributed by atoms with van der Waals surface area (Å²) >= 11 is 0. The summed E-state index contributed by atoms with van der Waals surface area (Å²) in [5.41, 5.74) is 0. The van der Waals surface area contributed by atoms with Crippen LogP contribution in [0.15, 0.2) is 0 Å². The van der Waals surface area contributed by atoms with E-state index in [2.05, 4.69) is 13.8 Å². The van der Waals surface area contributed by atoms with E-state index in [4.69, 9.17) is 5.11 Å². The first-order valence-corrected chi connectivity index (χ1v) is 9.30. The molecule has 2 rings (SSSR count). The van der Waals surface area contributed by atoms with Gasteiger partial charge in [-0.1, -0.05) is 26.7 Å². The Morgan fingerprint density at radius 2 is 1.95 bits per heavy atom. The number of rotatable bonds is 4. The summed E-state index contributed by atoms with van der Waals surface area (Å²) in [4.78, 5) is 13.1. The van der Waals surface area contributed by atoms with Crippen molar-refractivity contribution in [2.75, 3.05) is 18.1 Å². The molecule has 6 heteroatoms. The van der Waals surface area contributed by atoms with E-state index >= 15 is 0 Å². The Labute approximate surface area is 121 Å². The number of hydrogen-bond acceptors (Lipinski definition) is 4. The fourth-order valence-electron chi connectivity index (χ4n) is 3.73. The lowest BCUT2D eigenvalue weighted by atomic mass is 9.77. The molecule has 4 unspecified atom stereocenters. The zero-order valence-electron chi connectivity index (χ0n) is 12.3. The first kappa shape index (κ1) is 15.8. The average Bonchev–Trinajstić information content (AvgIpc) is 2.70. The minimum absolute atomic E-state index is 0.0398. The predicted molar refractivity (Wildman–Crippen MR) is 77.4 cm³/mol. The van der Waals surface area contributed by atoms with Crippen LogP contribution in [0, 0.1) is 11.8 Å². The van der Waals surface area contributed by atoms with E-state index < -0.39 is 15.8 Å². The maximum Gasteiger partial charge on any atom is 0.317 e. The molecule has 0 aromatic rings. The third-order valence-electron chi connectivity index (χ3n) is 5.09. The highest BCUT2D eigenvalue weighted by Gasteiger charge is 2.40. The molecule has 0 aromatic carbocycles. The summed E-state index contributed by atoms with van der Waals surface area (Å²) in [5, 5.41) is 9.17. The van der Waals surface area contributed by atoms with Crippen molar-refractivity contribution < 1.29 is 18.3 Å². The maximum absolute atomic E-state index is 11.7. The largest absolute Gasteiger partial charge is 0.480 e. The summed E-state index contributed by atoms with van der Waals surface area (Å²) in [6.45, 7) is 4.34. The monoisotopic (exact) mass is 303 g/mol. The van der Waals surface area contributed by atoms with Crippen molar-refractivity contribution in [2.45, 2.75) is 51.6 Å². The van der Waals surface area contributed by atoms with Gasteiger partial charge in [0.05, 0.1) is 18.1 Å². The lowest BCUT2D eigenvalue weighted by Gasteiger charge is -2.43. The van der Waals surface area contributed by atoms with Crippen molar-refractivity contribution in [2.24, 2.45) is 11.8 Å². The highest BCUT2D eigenvalue weighted by atomic mass is 32.2. The molecule has 1 aliphatic carbocycles. The van der Waals surface area contributed by atoms with Crippen molar-refractivity contribution >= 4 is 15.8 Å². The van der Waals surface area contributed by atoms with E-state index in [1.807, 2.05) is 4.90 Å². The van der Waals surface area contributed by atoms with Gasteiger partial charge in [-0.15, -0.1) is 0 Å². The van der Waals surface area contributed by atoms with Gasteiger partial charge in [-0.25, -0.2) is 8.42 Å². The van der Waals surface area contributed by atoms with Gasteiger partial charge in [-0.05, 0) is 24.7 Å². The number of carbonyl (C=O) groups is 1. The molecule has 5 nitrogen and oxygen atoms in total. The van der Waals surface area contributed by atoms with Crippen LogP contribution >= 0.6 is 0 Å². The smallest absolute Gasteiger partial charge is 0.317 e. The highest BCUT2D eigenvalue weighted by molar-refractivity contribution is 7.91. The van der Waals surface area contributed by atoms with Crippen molar-refractivity contribution in [1.29, 1.82) is 0 Å². The summed E-state index contributed by atoms with van der Waals surface area (Å²) in [6.07, 6.45) is 3.84. The Morgan fingerprint density at radius 3 is 2.50 bits per heavy atom. The first-order valence-electron chi connectivity index (χ1n) is 7.48. The Balaban J connectivity index is 2.17. The van der Waals surface area contributed by atoms with Crippen molar-refractivity contribution in [3.8, 4) is 0 Å². The van der Waals surface area contributed by atoms with Gasteiger partial charge in [0.15, 0.2) is 9.84 Å². The standard InChI is InChI=1S/C14H25NO4S/c1-10-4-3-5-13(11(10)2)15(8-14(16)17)12-6-7-20(18,19)9-12/h10-13H,3-9H2,1-2H3,(H,16,17). The maximum atomic E-state index is 11.7. The Kier molecular flexibility index (Phi) is 4.74. The highest BCUT2D eigenvalue weighted by Crippen LogP contribution is 2.35. The molecule has 1 saturated heterocycles. The molecule has 0 bridgehead atoms. The van der Waals surface area contributed by atoms with Crippen LogP contribution in [0.5, 0.6) is 0 Å². The molecule has 1 saturated carbocycles. The summed E-state index contributed by atoms with van der Waals surface area (Å²) in [5.74, 6) is 0.455. The number of carboxylic acid groups (broad SMARTS) is 1. The van der Waals surface area contributed by atoms with Gasteiger partial charge in [0.2, 0.25) is 0 Å². The Bertz CT molecular complexity index is 462. The van der Waals surface area contributed by atoms with Gasteiger partial charge in [0, 0.05) is 12.1 Å². The molecule has 0 aromatic heterocycles. The fourth-order valence-corrected chi connectivity index (χ4v) is 5.47. The van der Waals surface area contributed by atoms with Gasteiger partial charge in [0.25, 0.3) is 0 Å². The zero-order chi connectivity index (χ0) is 14.9. The molecule has 0 spiro atoms. The molecular formula is C14H25NO4S. The molecule has 0 radical (unpaired) electrons. The van der Waals surface area contributed by atoms with E-state index in [0.717, 1.165) is 12.8 Å². The van der Waals surface area contributed by atoms with E-state index in [9.17, 15) is 13.2 Å². The average molecular weight is 303 g/mol. The molecule has 1 N–H and O–H groups in total. The molecule has 2 fully saturated rings. The van der Waals surface area contributed by atoms with Gasteiger partial charge < -0.3 is 5.11 Å². The third kappa shape index (κ3) is 3.52. The van der Waals surface area contributed by atoms with Crippen LogP contribution in [0.25, 0.3) is 0 Å². The van der Waals surface area contributed by atoms with Crippen molar-refractivity contribution in [3.05, 3.63) is 0 Å². The second-order valence-electron chi connectivity index (χ2n) is 6.46. The predicted octanol–water partition coefficient (Wildman–Crippen LogP) is 1.38. The van der Waals surface area contributed by atoms with E-state index in [1.54, 1.807) is 0 Å². The van der Waals surface area contributed by atoms with Crippen molar-refractivity contribution in [1.82, 2.24) is 4.90 Å². The summed E-state index contributed by atoms with van der Waals surface area (Å²) in [6, 6.07) is 0.0852. The lowest BCUT2D eigenvalue weighted by molar-refractivity contribution is -0.140. The number of sulfone groups is 1. The second-order valence-corrected chi connectivity index (χ2v) is 8.69. The number of hydrogen-bond donors (Lipinski definition) is 1. The van der Waals surface area contributed by atoms with E-state index in [1.165, 1.54) is 6.42 Å². The number of aliphatic carboxylic acids is 1. The Morgan fingerprint density at radius 1 is 1.25 bits per heavy atom. The molecule has 0 amide bonds. The van der Waals surface area contributed by atoms with Crippen LogP contribution in [-0.2, 0) is 14.6 Å². The third-order valence-corrected chi connectivity index (χ3v) is 6.84. The molecular weight excluding hydrogens is 278 g/mol. The van der Waals surface area contributed by atoms with Gasteiger partial charge in [0.1, 0.15) is 0 Å². The fraction of sp³-hybridized carbons (Fsp3) is 0.929. The van der Waals surface area contributed by atoms with Crippen LogP contribution in [-0.4, -0.2) is 54.5 Å². The minimum atomic E-state index is -2.98. The van der Waals surface area contributed by atoms with Gasteiger partial charge >= 0.3 is 5.97 Å². The normalized spacial score (nSPS) is 37.1. The SMILES string of the molecule is CC1CCCC(N(CC(=O)O)C2CCS(=O)(=O)C2)C1C. The number of nitrogens with zero attached hydrogens (tertiary/aromatic N) is 1. The number of carboxylic acids is 1. The molecule has 20 heavy (non-hydrogen) atoms. The summed E-state index contributed by atoms with van der Waals surface area (Å²) in [7, 11) is -2.98. The lowest BCUT2D eigenvalue weighted by Crippen LogP contribution is -2.51. The molecule has 116 valence electrons. The second kappa shape index (κ2) is 6.02. The summed E-state index contributed by atoms with van der Waals surface area (Å²) < 4.78 is 23.4. The Hall–Kier alpha value is -0.620. The topological polar surface area (TPSA) is 74.7 Å². The van der Waals surface area contributed by atoms with Gasteiger partial charge in [-0.2, -0.15) is 0 Å². The van der Waals surface area contributed by atoms with Crippen LogP contribution in [0.2, 0.25) is 0 Å². The van der Waals surface area contributed by atoms with Crippen LogP contribution in [0.3, 0.4) is 0 Å². The quantitative estimate of drug-likeness (QED) is 0.849. The molecule has 1 heterocycles. The van der Waals surface area contributed by atoms with Crippen molar-refractivity contribution in [3.63, 3.8) is 0 Å². The zero-order valence-corrected chi connectivity index (χ0v) is 13.1. The van der Waals surface area contributed by atoms with Crippen LogP contribution < -0.4 is 0 Å².